The summed E-state index contributed by atoms with van der Waals surface area (Å²) in [6.07, 6.45) is 7.24. The van der Waals surface area contributed by atoms with E-state index in [4.69, 9.17) is 11.6 Å². The van der Waals surface area contributed by atoms with E-state index in [0.717, 1.165) is 34.9 Å². The topological polar surface area (TPSA) is 91.0 Å². The lowest BCUT2D eigenvalue weighted by atomic mass is 10.0. The molecular weight excluding hydrogens is 438 g/mol. The molecule has 1 saturated heterocycles. The highest BCUT2D eigenvalue weighted by Crippen LogP contribution is 2.32. The van der Waals surface area contributed by atoms with Gasteiger partial charge >= 0.3 is 0 Å². The number of anilines is 1. The molecule has 0 spiro atoms. The van der Waals surface area contributed by atoms with E-state index in [0.29, 0.717) is 29.8 Å². The highest BCUT2D eigenvalue weighted by Gasteiger charge is 2.24. The minimum Gasteiger partial charge on any atom is -0.360 e. The fourth-order valence-electron chi connectivity index (χ4n) is 4.13. The van der Waals surface area contributed by atoms with E-state index >= 15 is 0 Å². The Bertz CT molecular complexity index is 1190. The number of nitrogens with one attached hydrogen (secondary N) is 2. The van der Waals surface area contributed by atoms with Crippen molar-refractivity contribution in [2.75, 3.05) is 18.4 Å². The van der Waals surface area contributed by atoms with Gasteiger partial charge in [0.2, 0.25) is 11.9 Å². The number of ketones is 1. The zero-order chi connectivity index (χ0) is 23.4. The van der Waals surface area contributed by atoms with Crippen LogP contribution in [0.1, 0.15) is 39.5 Å². The van der Waals surface area contributed by atoms with Crippen LogP contribution >= 0.6 is 11.6 Å². The summed E-state index contributed by atoms with van der Waals surface area (Å²) < 4.78 is 0. The van der Waals surface area contributed by atoms with Gasteiger partial charge in [0, 0.05) is 54.6 Å². The summed E-state index contributed by atoms with van der Waals surface area (Å²) in [6.45, 7) is 5.06. The molecule has 8 heteroatoms. The number of amides is 1. The first-order chi connectivity index (χ1) is 15.9. The molecule has 0 radical (unpaired) electrons. The third-order valence-corrected chi connectivity index (χ3v) is 6.08. The number of aromatic amines is 1. The predicted octanol–water partition coefficient (Wildman–Crippen LogP) is 5.00. The number of hydrogen-bond acceptors (Lipinski definition) is 5. The number of benzene rings is 1. The molecule has 0 atom stereocenters. The second-order valence-electron chi connectivity index (χ2n) is 8.63. The Morgan fingerprint density at radius 3 is 2.73 bits per heavy atom. The number of rotatable bonds is 7. The van der Waals surface area contributed by atoms with E-state index in [1.54, 1.807) is 12.3 Å². The smallest absolute Gasteiger partial charge is 0.223 e. The van der Waals surface area contributed by atoms with E-state index in [1.807, 2.05) is 49.2 Å². The maximum atomic E-state index is 12.5. The molecular formula is C25H28ClN5O2. The van der Waals surface area contributed by atoms with Crippen LogP contribution in [0.5, 0.6) is 0 Å². The van der Waals surface area contributed by atoms with Gasteiger partial charge in [0.25, 0.3) is 0 Å². The van der Waals surface area contributed by atoms with Crippen LogP contribution in [-0.2, 0) is 9.59 Å². The summed E-state index contributed by atoms with van der Waals surface area (Å²) >= 11 is 6.43. The van der Waals surface area contributed by atoms with E-state index < -0.39 is 0 Å². The quantitative estimate of drug-likeness (QED) is 0.479. The molecule has 2 N–H and O–H groups in total. The number of piperidine rings is 1. The molecule has 0 bridgehead atoms. The summed E-state index contributed by atoms with van der Waals surface area (Å²) in [6, 6.07) is 8.18. The normalized spacial score (nSPS) is 14.3. The molecule has 0 aliphatic carbocycles. The molecule has 1 amide bonds. The number of hydrogen-bond donors (Lipinski definition) is 2. The van der Waals surface area contributed by atoms with Crippen LogP contribution in [0, 0.1) is 0 Å². The number of carbonyl (C=O) groups excluding carboxylic acids is 2. The first-order valence-electron chi connectivity index (χ1n) is 11.2. The molecule has 2 aromatic heterocycles. The fourth-order valence-corrected chi connectivity index (χ4v) is 4.32. The highest BCUT2D eigenvalue weighted by atomic mass is 35.5. The van der Waals surface area contributed by atoms with Gasteiger partial charge in [-0.2, -0.15) is 0 Å². The molecule has 0 unspecified atom stereocenters. The Kier molecular flexibility index (Phi) is 7.08. The third kappa shape index (κ3) is 5.60. The number of fused-ring (bicyclic) bond motifs is 1. The fraction of sp³-hybridized carbons (Fsp3) is 0.360. The number of halogens is 1. The van der Waals surface area contributed by atoms with Crippen LogP contribution in [0.4, 0.5) is 5.95 Å². The van der Waals surface area contributed by atoms with Crippen LogP contribution in [0.3, 0.4) is 0 Å². The van der Waals surface area contributed by atoms with Crippen molar-refractivity contribution in [1.29, 1.82) is 0 Å². The highest BCUT2D eigenvalue weighted by molar-refractivity contribution is 6.33. The number of para-hydroxylation sites is 1. The first kappa shape index (κ1) is 23.0. The Morgan fingerprint density at radius 1 is 1.21 bits per heavy atom. The average Bonchev–Trinajstić information content (AvgIpc) is 3.23. The van der Waals surface area contributed by atoms with Crippen LogP contribution in [0.2, 0.25) is 5.02 Å². The number of carbonyl (C=O) groups is 2. The number of allylic oxidation sites excluding steroid dienone is 2. The molecule has 1 aliphatic rings. The molecule has 3 aromatic rings. The van der Waals surface area contributed by atoms with Crippen molar-refractivity contribution in [2.24, 2.45) is 0 Å². The maximum Gasteiger partial charge on any atom is 0.223 e. The van der Waals surface area contributed by atoms with Crippen LogP contribution in [-0.4, -0.2) is 50.7 Å². The van der Waals surface area contributed by atoms with Crippen molar-refractivity contribution < 1.29 is 9.59 Å². The Hall–Kier alpha value is -3.19. The molecule has 1 aliphatic heterocycles. The second kappa shape index (κ2) is 10.2. The van der Waals surface area contributed by atoms with E-state index in [2.05, 4.69) is 20.3 Å². The largest absolute Gasteiger partial charge is 0.360 e. The van der Waals surface area contributed by atoms with E-state index in [1.165, 1.54) is 0 Å². The summed E-state index contributed by atoms with van der Waals surface area (Å²) in [4.78, 5) is 38.4. The lowest BCUT2D eigenvalue weighted by Gasteiger charge is -2.32. The molecule has 1 fully saturated rings. The van der Waals surface area contributed by atoms with Crippen LogP contribution in [0.15, 0.2) is 48.3 Å². The number of likely N-dealkylation sites (tertiary alicyclic amines) is 1. The van der Waals surface area contributed by atoms with Gasteiger partial charge in [-0.05, 0) is 38.8 Å². The number of nitrogens with zero attached hydrogens (tertiary/aromatic N) is 3. The van der Waals surface area contributed by atoms with Crippen molar-refractivity contribution in [2.45, 2.75) is 45.6 Å². The van der Waals surface area contributed by atoms with Gasteiger partial charge in [-0.1, -0.05) is 35.4 Å². The molecule has 7 nitrogen and oxygen atoms in total. The summed E-state index contributed by atoms with van der Waals surface area (Å²) in [5.74, 6) is 0.566. The van der Waals surface area contributed by atoms with Gasteiger partial charge < -0.3 is 15.2 Å². The molecule has 0 saturated carbocycles. The third-order valence-electron chi connectivity index (χ3n) is 5.80. The molecule has 172 valence electrons. The molecule has 1 aromatic carbocycles. The summed E-state index contributed by atoms with van der Waals surface area (Å²) in [5, 5.41) is 4.95. The Balaban J connectivity index is 1.35. The lowest BCUT2D eigenvalue weighted by molar-refractivity contribution is -0.133. The Labute approximate surface area is 198 Å². The second-order valence-corrected chi connectivity index (χ2v) is 9.03. The summed E-state index contributed by atoms with van der Waals surface area (Å²) in [7, 11) is 0. The van der Waals surface area contributed by atoms with Crippen molar-refractivity contribution in [1.82, 2.24) is 19.9 Å². The van der Waals surface area contributed by atoms with Crippen LogP contribution in [0.25, 0.3) is 22.2 Å². The van der Waals surface area contributed by atoms with Gasteiger partial charge in [-0.25, -0.2) is 9.97 Å². The SMILES string of the molecule is CC(C)=CC(=O)CCC(=O)N1CCC(Nc2ncc(Cl)c(-c3c[nH]c4ccccc34)n2)CC1. The predicted molar refractivity (Wildman–Crippen MR) is 131 cm³/mol. The van der Waals surface area contributed by atoms with Crippen molar-refractivity contribution >= 4 is 40.1 Å². The number of aromatic nitrogens is 3. The zero-order valence-corrected chi connectivity index (χ0v) is 19.7. The zero-order valence-electron chi connectivity index (χ0n) is 18.9. The van der Waals surface area contributed by atoms with Crippen molar-refractivity contribution in [3.63, 3.8) is 0 Å². The monoisotopic (exact) mass is 465 g/mol. The van der Waals surface area contributed by atoms with Gasteiger partial charge in [-0.3, -0.25) is 9.59 Å². The van der Waals surface area contributed by atoms with Gasteiger partial charge in [0.15, 0.2) is 5.78 Å². The molecule has 33 heavy (non-hydrogen) atoms. The maximum absolute atomic E-state index is 12.5. The minimum absolute atomic E-state index is 0.00537. The van der Waals surface area contributed by atoms with Gasteiger partial charge in [-0.15, -0.1) is 0 Å². The lowest BCUT2D eigenvalue weighted by Crippen LogP contribution is -2.42. The van der Waals surface area contributed by atoms with E-state index in [9.17, 15) is 9.59 Å². The van der Waals surface area contributed by atoms with Gasteiger partial charge in [0.05, 0.1) is 16.9 Å². The summed E-state index contributed by atoms with van der Waals surface area (Å²) in [5.41, 5.74) is 3.59. The number of H-pyrrole nitrogens is 1. The van der Waals surface area contributed by atoms with Crippen LogP contribution < -0.4 is 5.32 Å². The van der Waals surface area contributed by atoms with Crippen molar-refractivity contribution in [3.8, 4) is 11.3 Å². The minimum atomic E-state index is 0.00537. The van der Waals surface area contributed by atoms with Crippen molar-refractivity contribution in [3.05, 3.63) is 53.3 Å². The molecule has 3 heterocycles. The standard InChI is InChI=1S/C25H28ClN5O2/c1-16(2)13-18(32)7-8-23(33)31-11-9-17(10-12-31)29-25-28-15-21(26)24(30-25)20-14-27-22-6-4-3-5-19(20)22/h3-6,13-15,17,27H,7-12H2,1-2H3,(H,28,29,30). The Morgan fingerprint density at radius 2 is 1.97 bits per heavy atom. The first-order valence-corrected chi connectivity index (χ1v) is 11.6. The molecule has 4 rings (SSSR count). The average molecular weight is 466 g/mol. The van der Waals surface area contributed by atoms with E-state index in [-0.39, 0.29) is 30.6 Å². The van der Waals surface area contributed by atoms with Gasteiger partial charge in [0.1, 0.15) is 0 Å².